The Morgan fingerprint density at radius 3 is 1.70 bits per heavy atom. The van der Waals surface area contributed by atoms with E-state index in [1.54, 1.807) is 14.2 Å². The highest BCUT2D eigenvalue weighted by Crippen LogP contribution is 2.43. The number of nitrogens with zero attached hydrogens (tertiary/aromatic N) is 4. The van der Waals surface area contributed by atoms with Crippen molar-refractivity contribution in [2.75, 3.05) is 24.9 Å². The summed E-state index contributed by atoms with van der Waals surface area (Å²) in [5, 5.41) is 25.8. The molecular formula is C28H30N6O4S2. The summed E-state index contributed by atoms with van der Waals surface area (Å²) in [6.07, 6.45) is 4.38. The number of anilines is 2. The maximum Gasteiger partial charge on any atom is 0.230 e. The van der Waals surface area contributed by atoms with E-state index < -0.39 is 0 Å². The van der Waals surface area contributed by atoms with Gasteiger partial charge < -0.3 is 20.1 Å². The predicted octanol–water partition coefficient (Wildman–Crippen LogP) is 5.21. The number of hydrogen-bond acceptors (Lipinski definition) is 10. The van der Waals surface area contributed by atoms with E-state index >= 15 is 0 Å². The summed E-state index contributed by atoms with van der Waals surface area (Å²) in [7, 11) is 3.20. The van der Waals surface area contributed by atoms with E-state index in [2.05, 4.69) is 31.0 Å². The second-order valence-electron chi connectivity index (χ2n) is 9.60. The Balaban J connectivity index is 1.14. The molecule has 0 unspecified atom stereocenters. The summed E-state index contributed by atoms with van der Waals surface area (Å²) in [4.78, 5) is 25.1. The molecule has 0 aliphatic heterocycles. The molecule has 0 spiro atoms. The van der Waals surface area contributed by atoms with Gasteiger partial charge in [0.1, 0.15) is 21.5 Å². The van der Waals surface area contributed by atoms with Crippen molar-refractivity contribution in [3.05, 3.63) is 69.7 Å². The first-order valence-electron chi connectivity index (χ1n) is 13.0. The van der Waals surface area contributed by atoms with E-state index in [9.17, 15) is 9.59 Å². The van der Waals surface area contributed by atoms with E-state index in [4.69, 9.17) is 9.47 Å². The fourth-order valence-electron chi connectivity index (χ4n) is 4.80. The summed E-state index contributed by atoms with van der Waals surface area (Å²) < 4.78 is 10.5. The van der Waals surface area contributed by atoms with Gasteiger partial charge in [0.2, 0.25) is 22.1 Å². The number of rotatable bonds is 10. The zero-order chi connectivity index (χ0) is 27.9. The molecule has 5 rings (SSSR count). The van der Waals surface area contributed by atoms with Crippen LogP contribution in [-0.2, 0) is 22.4 Å². The largest absolute Gasteiger partial charge is 0.497 e. The number of carbonyl (C=O) groups excluding carboxylic acids is 2. The third-order valence-electron chi connectivity index (χ3n) is 6.74. The van der Waals surface area contributed by atoms with Gasteiger partial charge in [-0.25, -0.2) is 0 Å². The van der Waals surface area contributed by atoms with Crippen LogP contribution in [0.2, 0.25) is 0 Å². The number of carbonyl (C=O) groups is 2. The van der Waals surface area contributed by atoms with Crippen LogP contribution < -0.4 is 20.1 Å². The second-order valence-corrected chi connectivity index (χ2v) is 11.6. The van der Waals surface area contributed by atoms with Gasteiger partial charge in [-0.05, 0) is 54.7 Å². The standard InChI is InChI=1S/C28H30N6O4S2/c1-37-21-10-3-6-17(12-21)14-23(35)29-27-33-31-25(39-27)19-8-5-9-20(16-19)26-32-34-28(40-26)30-24(36)15-18-7-4-11-22(13-18)38-2/h3-4,6-7,10-13,19-20H,5,8-9,14-16H2,1-2H3,(H,29,33,35)(H,30,34,36)/t19-,20-/m1/s1. The molecule has 40 heavy (non-hydrogen) atoms. The molecule has 1 aliphatic rings. The quantitative estimate of drug-likeness (QED) is 0.262. The molecule has 2 aromatic carbocycles. The van der Waals surface area contributed by atoms with Crippen LogP contribution in [-0.4, -0.2) is 46.4 Å². The molecule has 2 heterocycles. The number of methoxy groups -OCH3 is 2. The first kappa shape index (κ1) is 27.7. The van der Waals surface area contributed by atoms with Gasteiger partial charge in [-0.15, -0.1) is 20.4 Å². The molecule has 2 amide bonds. The minimum absolute atomic E-state index is 0.146. The van der Waals surface area contributed by atoms with Crippen LogP contribution in [0, 0.1) is 0 Å². The molecule has 208 valence electrons. The average Bonchev–Trinajstić information content (AvgIpc) is 3.63. The molecule has 2 atom stereocenters. The number of amides is 2. The molecule has 0 bridgehead atoms. The van der Waals surface area contributed by atoms with E-state index in [0.29, 0.717) is 21.8 Å². The Kier molecular flexibility index (Phi) is 8.97. The van der Waals surface area contributed by atoms with Crippen molar-refractivity contribution in [3.8, 4) is 11.5 Å². The number of aromatic nitrogens is 4. The summed E-state index contributed by atoms with van der Waals surface area (Å²) in [6.45, 7) is 0. The normalized spacial score (nSPS) is 16.8. The fraction of sp³-hybridized carbons (Fsp3) is 0.357. The van der Waals surface area contributed by atoms with Gasteiger partial charge in [0.15, 0.2) is 0 Å². The van der Waals surface area contributed by atoms with Gasteiger partial charge in [0, 0.05) is 11.8 Å². The average molecular weight is 579 g/mol. The fourth-order valence-corrected chi connectivity index (χ4v) is 6.62. The smallest absolute Gasteiger partial charge is 0.230 e. The van der Waals surface area contributed by atoms with Crippen molar-refractivity contribution >= 4 is 44.8 Å². The molecule has 1 fully saturated rings. The van der Waals surface area contributed by atoms with Crippen molar-refractivity contribution in [2.45, 2.75) is 50.4 Å². The first-order valence-corrected chi connectivity index (χ1v) is 14.6. The van der Waals surface area contributed by atoms with Crippen LogP contribution in [0.3, 0.4) is 0 Å². The van der Waals surface area contributed by atoms with Gasteiger partial charge in [-0.2, -0.15) is 0 Å². The zero-order valence-electron chi connectivity index (χ0n) is 22.3. The van der Waals surface area contributed by atoms with Crippen LogP contribution in [0.1, 0.15) is 58.7 Å². The van der Waals surface area contributed by atoms with Gasteiger partial charge in [-0.3, -0.25) is 9.59 Å². The molecule has 0 saturated heterocycles. The topological polar surface area (TPSA) is 128 Å². The van der Waals surface area contributed by atoms with Crippen molar-refractivity contribution in [2.24, 2.45) is 0 Å². The number of ether oxygens (including phenoxy) is 2. The van der Waals surface area contributed by atoms with Crippen LogP contribution in [0.5, 0.6) is 11.5 Å². The van der Waals surface area contributed by atoms with Crippen LogP contribution in [0.4, 0.5) is 10.3 Å². The van der Waals surface area contributed by atoms with Crippen LogP contribution in [0.25, 0.3) is 0 Å². The highest BCUT2D eigenvalue weighted by Gasteiger charge is 2.29. The van der Waals surface area contributed by atoms with Gasteiger partial charge in [0.25, 0.3) is 0 Å². The minimum Gasteiger partial charge on any atom is -0.497 e. The van der Waals surface area contributed by atoms with Crippen molar-refractivity contribution in [1.82, 2.24) is 20.4 Å². The van der Waals surface area contributed by atoms with Gasteiger partial charge >= 0.3 is 0 Å². The molecular weight excluding hydrogens is 548 g/mol. The Hall–Kier alpha value is -3.90. The molecule has 2 aromatic heterocycles. The SMILES string of the molecule is COc1cccc(CC(=O)Nc2nnc([C@@H]3CCC[C@@H](c4nnc(NC(=O)Cc5cccc(OC)c5)s4)C3)s2)c1. The molecule has 10 nitrogen and oxygen atoms in total. The van der Waals surface area contributed by atoms with Gasteiger partial charge in [-0.1, -0.05) is 53.4 Å². The monoisotopic (exact) mass is 578 g/mol. The first-order chi connectivity index (χ1) is 19.5. The van der Waals surface area contributed by atoms with Crippen LogP contribution in [0.15, 0.2) is 48.5 Å². The molecule has 1 aliphatic carbocycles. The van der Waals surface area contributed by atoms with Gasteiger partial charge in [0.05, 0.1) is 27.1 Å². The highest BCUT2D eigenvalue weighted by molar-refractivity contribution is 7.15. The zero-order valence-corrected chi connectivity index (χ0v) is 23.9. The molecule has 0 radical (unpaired) electrons. The number of hydrogen-bond donors (Lipinski definition) is 2. The third kappa shape index (κ3) is 7.19. The lowest BCUT2D eigenvalue weighted by molar-refractivity contribution is -0.116. The lowest BCUT2D eigenvalue weighted by atomic mass is 9.82. The van der Waals surface area contributed by atoms with Crippen molar-refractivity contribution in [1.29, 1.82) is 0 Å². The van der Waals surface area contributed by atoms with E-state index in [1.165, 1.54) is 22.7 Å². The van der Waals surface area contributed by atoms with Crippen LogP contribution >= 0.6 is 22.7 Å². The summed E-state index contributed by atoms with van der Waals surface area (Å²) in [6, 6.07) is 14.9. The minimum atomic E-state index is -0.146. The maximum absolute atomic E-state index is 12.6. The lowest BCUT2D eigenvalue weighted by Gasteiger charge is -2.25. The van der Waals surface area contributed by atoms with Crippen molar-refractivity contribution < 1.29 is 19.1 Å². The summed E-state index contributed by atoms with van der Waals surface area (Å²) in [5.74, 6) is 1.60. The Bertz CT molecular complexity index is 1360. The summed E-state index contributed by atoms with van der Waals surface area (Å²) >= 11 is 2.85. The number of benzene rings is 2. The second kappa shape index (κ2) is 13.0. The van der Waals surface area contributed by atoms with E-state index in [0.717, 1.165) is 46.8 Å². The maximum atomic E-state index is 12.6. The molecule has 1 saturated carbocycles. The highest BCUT2D eigenvalue weighted by atomic mass is 32.1. The van der Waals surface area contributed by atoms with Crippen molar-refractivity contribution in [3.63, 3.8) is 0 Å². The number of nitrogens with one attached hydrogen (secondary N) is 2. The molecule has 4 aromatic rings. The van der Waals surface area contributed by atoms with E-state index in [1.807, 2.05) is 48.5 Å². The van der Waals surface area contributed by atoms with E-state index in [-0.39, 0.29) is 36.5 Å². The Morgan fingerprint density at radius 1 is 0.775 bits per heavy atom. The summed E-state index contributed by atoms with van der Waals surface area (Å²) in [5.41, 5.74) is 1.73. The predicted molar refractivity (Wildman–Crippen MR) is 154 cm³/mol. The lowest BCUT2D eigenvalue weighted by Crippen LogP contribution is -2.14. The Morgan fingerprint density at radius 2 is 1.25 bits per heavy atom. The molecule has 2 N–H and O–H groups in total. The molecule has 12 heteroatoms. The third-order valence-corrected chi connectivity index (χ3v) is 8.75. The Labute approximate surface area is 240 Å².